The molecule has 0 aromatic heterocycles. The number of nitrogens with one attached hydrogen (secondary N) is 2. The molecule has 2 rings (SSSR count). The summed E-state index contributed by atoms with van der Waals surface area (Å²) in [5.74, 6) is -0.0632. The minimum Gasteiger partial charge on any atom is -0.349 e. The number of halogens is 3. The van der Waals surface area contributed by atoms with Crippen molar-refractivity contribution in [3.63, 3.8) is 0 Å². The average molecular weight is 387 g/mol. The summed E-state index contributed by atoms with van der Waals surface area (Å²) >= 11 is 18.2. The number of rotatable bonds is 6. The highest BCUT2D eigenvalue weighted by atomic mass is 35.5. The van der Waals surface area contributed by atoms with E-state index in [1.165, 1.54) is 4.90 Å². The number of carbonyl (C=O) groups excluding carboxylic acids is 1. The molecule has 0 fully saturated rings. The van der Waals surface area contributed by atoms with Crippen molar-refractivity contribution in [1.82, 2.24) is 5.32 Å². The summed E-state index contributed by atoms with van der Waals surface area (Å²) in [4.78, 5) is 13.4. The third-order valence-corrected chi connectivity index (χ3v) is 4.91. The van der Waals surface area contributed by atoms with Crippen LogP contribution in [0.1, 0.15) is 17.2 Å². The number of quaternary nitrogens is 1. The SMILES string of the molecule is C[NH+](C)[C@@H](CNC(=O)Cc1ccc(Cl)c(Cl)c1)c1ccccc1Cl. The average Bonchev–Trinajstić information content (AvgIpc) is 2.52. The molecule has 0 radical (unpaired) electrons. The molecule has 0 unspecified atom stereocenters. The summed E-state index contributed by atoms with van der Waals surface area (Å²) in [5, 5.41) is 4.62. The van der Waals surface area contributed by atoms with Crippen LogP contribution in [0.3, 0.4) is 0 Å². The molecule has 0 heterocycles. The first-order chi connectivity index (χ1) is 11.4. The molecule has 2 N–H and O–H groups in total. The Bertz CT molecular complexity index is 719. The Hall–Kier alpha value is -1.26. The van der Waals surface area contributed by atoms with Gasteiger partial charge in [-0.05, 0) is 23.8 Å². The van der Waals surface area contributed by atoms with Crippen LogP contribution in [0.4, 0.5) is 0 Å². The molecule has 1 amide bonds. The Balaban J connectivity index is 2.00. The Kier molecular flexibility index (Phi) is 6.93. The van der Waals surface area contributed by atoms with Gasteiger partial charge in [-0.2, -0.15) is 0 Å². The summed E-state index contributed by atoms with van der Waals surface area (Å²) in [5.41, 5.74) is 1.85. The van der Waals surface area contributed by atoms with Crippen molar-refractivity contribution < 1.29 is 9.69 Å². The van der Waals surface area contributed by atoms with E-state index in [0.717, 1.165) is 11.1 Å². The van der Waals surface area contributed by atoms with Crippen LogP contribution >= 0.6 is 34.8 Å². The predicted molar refractivity (Wildman–Crippen MR) is 100 cm³/mol. The fourth-order valence-electron chi connectivity index (χ4n) is 2.50. The first-order valence-corrected chi connectivity index (χ1v) is 8.77. The molecule has 0 saturated heterocycles. The molecule has 128 valence electrons. The number of benzene rings is 2. The number of carbonyl (C=O) groups is 1. The molecule has 6 heteroatoms. The van der Waals surface area contributed by atoms with Gasteiger partial charge >= 0.3 is 0 Å². The maximum atomic E-state index is 12.2. The fraction of sp³-hybridized carbons (Fsp3) is 0.278. The van der Waals surface area contributed by atoms with Gasteiger partial charge in [0.2, 0.25) is 5.91 Å². The van der Waals surface area contributed by atoms with Gasteiger partial charge < -0.3 is 10.2 Å². The highest BCUT2D eigenvalue weighted by molar-refractivity contribution is 6.42. The fourth-order valence-corrected chi connectivity index (χ4v) is 3.08. The van der Waals surface area contributed by atoms with Crippen LogP contribution in [0.25, 0.3) is 0 Å². The summed E-state index contributed by atoms with van der Waals surface area (Å²) in [6.07, 6.45) is 0.259. The maximum absolute atomic E-state index is 12.2. The zero-order valence-corrected chi connectivity index (χ0v) is 15.8. The Morgan fingerprint density at radius 3 is 2.38 bits per heavy atom. The third kappa shape index (κ3) is 5.12. The lowest BCUT2D eigenvalue weighted by Crippen LogP contribution is -3.07. The lowest BCUT2D eigenvalue weighted by Gasteiger charge is -2.23. The predicted octanol–water partition coefficient (Wildman–Crippen LogP) is 3.19. The Labute approximate surface area is 157 Å². The van der Waals surface area contributed by atoms with E-state index in [2.05, 4.69) is 5.32 Å². The molecule has 3 nitrogen and oxygen atoms in total. The van der Waals surface area contributed by atoms with Gasteiger partial charge in [0.25, 0.3) is 0 Å². The molecule has 0 bridgehead atoms. The van der Waals surface area contributed by atoms with Gasteiger partial charge in [0.05, 0.1) is 37.1 Å². The molecule has 0 aliphatic rings. The van der Waals surface area contributed by atoms with Crippen molar-refractivity contribution in [3.8, 4) is 0 Å². The van der Waals surface area contributed by atoms with E-state index in [4.69, 9.17) is 34.8 Å². The Morgan fingerprint density at radius 1 is 1.04 bits per heavy atom. The summed E-state index contributed by atoms with van der Waals surface area (Å²) in [6.45, 7) is 0.506. The van der Waals surface area contributed by atoms with Crippen LogP contribution in [-0.2, 0) is 11.2 Å². The van der Waals surface area contributed by atoms with Crippen LogP contribution in [0.15, 0.2) is 42.5 Å². The van der Waals surface area contributed by atoms with Crippen molar-refractivity contribution in [2.45, 2.75) is 12.5 Å². The second-order valence-corrected chi connectivity index (χ2v) is 7.10. The van der Waals surface area contributed by atoms with Gasteiger partial charge in [-0.15, -0.1) is 0 Å². The topological polar surface area (TPSA) is 33.5 Å². The quantitative estimate of drug-likeness (QED) is 0.785. The van der Waals surface area contributed by atoms with Crippen LogP contribution in [-0.4, -0.2) is 26.5 Å². The third-order valence-electron chi connectivity index (χ3n) is 3.83. The van der Waals surface area contributed by atoms with Crippen molar-refractivity contribution in [1.29, 1.82) is 0 Å². The first-order valence-electron chi connectivity index (χ1n) is 7.63. The molecule has 0 spiro atoms. The van der Waals surface area contributed by atoms with Crippen molar-refractivity contribution in [2.24, 2.45) is 0 Å². The van der Waals surface area contributed by atoms with Crippen LogP contribution in [0.5, 0.6) is 0 Å². The van der Waals surface area contributed by atoms with Gasteiger partial charge in [0.15, 0.2) is 0 Å². The molecule has 2 aromatic carbocycles. The number of hydrogen-bond donors (Lipinski definition) is 2. The van der Waals surface area contributed by atoms with Crippen molar-refractivity contribution >= 4 is 40.7 Å². The number of hydrogen-bond acceptors (Lipinski definition) is 1. The van der Waals surface area contributed by atoms with Crippen LogP contribution in [0, 0.1) is 0 Å². The zero-order chi connectivity index (χ0) is 17.7. The zero-order valence-electron chi connectivity index (χ0n) is 13.6. The van der Waals surface area contributed by atoms with Crippen molar-refractivity contribution in [3.05, 3.63) is 68.7 Å². The molecule has 0 aliphatic carbocycles. The standard InChI is InChI=1S/C18H19Cl3N2O/c1-23(2)17(13-5-3-4-6-14(13)19)11-22-18(24)10-12-7-8-15(20)16(21)9-12/h3-9,17H,10-11H2,1-2H3,(H,22,24)/p+1/t17-/m0/s1. The lowest BCUT2D eigenvalue weighted by molar-refractivity contribution is -0.890. The Morgan fingerprint density at radius 2 is 1.75 bits per heavy atom. The van der Waals surface area contributed by atoms with E-state index in [1.54, 1.807) is 18.2 Å². The van der Waals surface area contributed by atoms with Crippen LogP contribution in [0.2, 0.25) is 15.1 Å². The lowest BCUT2D eigenvalue weighted by atomic mass is 10.1. The van der Waals surface area contributed by atoms with Gasteiger partial charge in [-0.25, -0.2) is 0 Å². The molecule has 0 aliphatic heterocycles. The largest absolute Gasteiger partial charge is 0.349 e. The highest BCUT2D eigenvalue weighted by Crippen LogP contribution is 2.23. The van der Waals surface area contributed by atoms with Crippen molar-refractivity contribution in [2.75, 3.05) is 20.6 Å². The second kappa shape index (κ2) is 8.72. The molecular weight excluding hydrogens is 367 g/mol. The van der Waals surface area contributed by atoms with E-state index < -0.39 is 0 Å². The summed E-state index contributed by atoms with van der Waals surface area (Å²) in [6, 6.07) is 13.0. The van der Waals surface area contributed by atoms with E-state index in [-0.39, 0.29) is 18.4 Å². The summed E-state index contributed by atoms with van der Waals surface area (Å²) < 4.78 is 0. The van der Waals surface area contributed by atoms with Gasteiger partial charge in [-0.3, -0.25) is 4.79 Å². The molecule has 2 aromatic rings. The van der Waals surface area contributed by atoms with E-state index in [9.17, 15) is 4.79 Å². The van der Waals surface area contributed by atoms with Gasteiger partial charge in [-0.1, -0.05) is 59.1 Å². The smallest absolute Gasteiger partial charge is 0.224 e. The number of likely N-dealkylation sites (N-methyl/N-ethyl adjacent to an activating group) is 1. The summed E-state index contributed by atoms with van der Waals surface area (Å²) in [7, 11) is 4.08. The molecule has 1 atom stereocenters. The normalized spacial score (nSPS) is 12.2. The first kappa shape index (κ1) is 19.1. The molecule has 24 heavy (non-hydrogen) atoms. The van der Waals surface area contributed by atoms with E-state index >= 15 is 0 Å². The second-order valence-electron chi connectivity index (χ2n) is 5.88. The van der Waals surface area contributed by atoms with Gasteiger partial charge in [0, 0.05) is 10.6 Å². The minimum atomic E-state index is -0.0632. The molecular formula is C18H20Cl3N2O+. The van der Waals surface area contributed by atoms with Crippen LogP contribution < -0.4 is 10.2 Å². The van der Waals surface area contributed by atoms with Gasteiger partial charge in [0.1, 0.15) is 6.04 Å². The van der Waals surface area contributed by atoms with E-state index in [0.29, 0.717) is 21.6 Å². The highest BCUT2D eigenvalue weighted by Gasteiger charge is 2.21. The minimum absolute atomic E-state index is 0.0632. The number of amides is 1. The molecule has 0 saturated carbocycles. The monoisotopic (exact) mass is 385 g/mol. The van der Waals surface area contributed by atoms with E-state index in [1.807, 2.05) is 38.4 Å². The maximum Gasteiger partial charge on any atom is 0.224 e.